The van der Waals surface area contributed by atoms with E-state index in [-0.39, 0.29) is 18.8 Å². The van der Waals surface area contributed by atoms with Gasteiger partial charge in [-0.1, -0.05) is 0 Å². The van der Waals surface area contributed by atoms with Crippen molar-refractivity contribution in [1.82, 2.24) is 30.1 Å². The summed E-state index contributed by atoms with van der Waals surface area (Å²) in [5, 5.41) is 18.9. The van der Waals surface area contributed by atoms with Crippen molar-refractivity contribution in [3.05, 3.63) is 48.2 Å². The fraction of sp³-hybridized carbons (Fsp3) is 0.286. The highest BCUT2D eigenvalue weighted by molar-refractivity contribution is 7.13. The van der Waals surface area contributed by atoms with E-state index in [4.69, 9.17) is 14.6 Å². The van der Waals surface area contributed by atoms with Gasteiger partial charge in [0.2, 0.25) is 5.88 Å². The Morgan fingerprint density at radius 2 is 2.03 bits per heavy atom. The Kier molecular flexibility index (Phi) is 5.65. The van der Waals surface area contributed by atoms with Crippen LogP contribution in [0.4, 0.5) is 0 Å². The summed E-state index contributed by atoms with van der Waals surface area (Å²) in [6, 6.07) is 7.61. The van der Waals surface area contributed by atoms with Gasteiger partial charge >= 0.3 is 0 Å². The normalized spacial score (nSPS) is 18.4. The molecule has 0 spiro atoms. The minimum Gasteiger partial charge on any atom is -0.472 e. The van der Waals surface area contributed by atoms with Crippen LogP contribution in [0.15, 0.2) is 48.2 Å². The van der Waals surface area contributed by atoms with Crippen LogP contribution < -0.4 is 4.74 Å². The van der Waals surface area contributed by atoms with E-state index >= 15 is 0 Å². The van der Waals surface area contributed by atoms with Gasteiger partial charge in [-0.05, 0) is 24.6 Å². The van der Waals surface area contributed by atoms with Gasteiger partial charge in [-0.2, -0.15) is 5.10 Å². The number of H-pyrrole nitrogens is 1. The van der Waals surface area contributed by atoms with E-state index in [0.29, 0.717) is 30.6 Å². The lowest BCUT2D eigenvalue weighted by Crippen LogP contribution is -2.17. The Bertz CT molecular complexity index is 1110. The molecule has 1 saturated heterocycles. The van der Waals surface area contributed by atoms with Gasteiger partial charge in [0.25, 0.3) is 0 Å². The molecule has 158 valence electrons. The molecule has 0 bridgehead atoms. The number of thiazole rings is 1. The first-order chi connectivity index (χ1) is 15.3. The van der Waals surface area contributed by atoms with E-state index in [1.807, 2.05) is 29.6 Å². The van der Waals surface area contributed by atoms with Crippen molar-refractivity contribution in [3.63, 3.8) is 0 Å². The lowest BCUT2D eigenvalue weighted by molar-refractivity contribution is 0.0760. The van der Waals surface area contributed by atoms with Gasteiger partial charge in [0, 0.05) is 54.2 Å². The van der Waals surface area contributed by atoms with Gasteiger partial charge in [0.15, 0.2) is 16.7 Å². The third-order valence-corrected chi connectivity index (χ3v) is 5.74. The molecule has 1 fully saturated rings. The van der Waals surface area contributed by atoms with Gasteiger partial charge in [-0.3, -0.25) is 10.1 Å². The van der Waals surface area contributed by atoms with Gasteiger partial charge in [0.05, 0.1) is 18.4 Å². The van der Waals surface area contributed by atoms with Gasteiger partial charge in [-0.15, -0.1) is 11.3 Å². The molecular weight excluding hydrogens is 416 g/mol. The fourth-order valence-electron chi connectivity index (χ4n) is 3.40. The standard InChI is InChI=1S/C21H20N6O3S/c28-7-5-15-9-16(12-29-15)30-18-4-2-13(10-24-18)17-3-1-14(11-23-17)19-25-20(27-26-19)21-22-6-8-31-21/h1-4,6,8,10-11,15-16,28H,5,7,9,12H2,(H,25,26,27)/t15-,16-/m1/s1. The molecule has 0 aromatic carbocycles. The maximum Gasteiger partial charge on any atom is 0.213 e. The zero-order chi connectivity index (χ0) is 21.0. The number of ether oxygens (including phenoxy) is 2. The van der Waals surface area contributed by atoms with Crippen molar-refractivity contribution in [1.29, 1.82) is 0 Å². The third kappa shape index (κ3) is 4.46. The first-order valence-corrected chi connectivity index (χ1v) is 10.8. The van der Waals surface area contributed by atoms with Crippen LogP contribution in [0.25, 0.3) is 33.5 Å². The zero-order valence-electron chi connectivity index (χ0n) is 16.5. The molecular formula is C21H20N6O3S. The van der Waals surface area contributed by atoms with Crippen molar-refractivity contribution < 1.29 is 14.6 Å². The number of rotatable bonds is 7. The summed E-state index contributed by atoms with van der Waals surface area (Å²) in [5.41, 5.74) is 2.50. The van der Waals surface area contributed by atoms with E-state index in [1.54, 1.807) is 18.6 Å². The summed E-state index contributed by atoms with van der Waals surface area (Å²) in [4.78, 5) is 17.7. The van der Waals surface area contributed by atoms with Crippen LogP contribution >= 0.6 is 11.3 Å². The Balaban J connectivity index is 1.24. The van der Waals surface area contributed by atoms with Crippen molar-refractivity contribution in [2.24, 2.45) is 0 Å². The molecule has 0 amide bonds. The van der Waals surface area contributed by atoms with Crippen LogP contribution in [-0.4, -0.2) is 60.7 Å². The van der Waals surface area contributed by atoms with E-state index < -0.39 is 0 Å². The molecule has 0 unspecified atom stereocenters. The summed E-state index contributed by atoms with van der Waals surface area (Å²) in [6.45, 7) is 0.641. The van der Waals surface area contributed by atoms with Crippen molar-refractivity contribution in [3.8, 4) is 39.4 Å². The molecule has 1 aliphatic rings. The Morgan fingerprint density at radius 3 is 2.77 bits per heavy atom. The predicted octanol–water partition coefficient (Wildman–Crippen LogP) is 2.97. The number of aliphatic hydroxyl groups excluding tert-OH is 1. The smallest absolute Gasteiger partial charge is 0.213 e. The second-order valence-electron chi connectivity index (χ2n) is 7.11. The highest BCUT2D eigenvalue weighted by atomic mass is 32.1. The molecule has 5 heterocycles. The Morgan fingerprint density at radius 1 is 1.13 bits per heavy atom. The second-order valence-corrected chi connectivity index (χ2v) is 8.00. The Labute approximate surface area is 182 Å². The number of nitrogens with zero attached hydrogens (tertiary/aromatic N) is 5. The molecule has 0 aliphatic carbocycles. The molecule has 5 rings (SSSR count). The second kappa shape index (κ2) is 8.88. The van der Waals surface area contributed by atoms with Crippen molar-refractivity contribution in [2.75, 3.05) is 13.2 Å². The number of pyridine rings is 2. The molecule has 10 heteroatoms. The van der Waals surface area contributed by atoms with E-state index in [1.165, 1.54) is 11.3 Å². The summed E-state index contributed by atoms with van der Waals surface area (Å²) in [6.07, 6.45) is 6.63. The first-order valence-electron chi connectivity index (χ1n) is 9.93. The average Bonchev–Trinajstić information content (AvgIpc) is 3.57. The lowest BCUT2D eigenvalue weighted by atomic mass is 10.1. The van der Waals surface area contributed by atoms with Gasteiger partial charge in [0.1, 0.15) is 6.10 Å². The monoisotopic (exact) mass is 436 g/mol. The van der Waals surface area contributed by atoms with Gasteiger partial charge in [-0.25, -0.2) is 15.0 Å². The van der Waals surface area contributed by atoms with Crippen LogP contribution in [-0.2, 0) is 4.74 Å². The van der Waals surface area contributed by atoms with Crippen LogP contribution in [0.2, 0.25) is 0 Å². The number of hydrogen-bond acceptors (Lipinski definition) is 9. The highest BCUT2D eigenvalue weighted by Crippen LogP contribution is 2.25. The molecule has 0 radical (unpaired) electrons. The number of hydrogen-bond donors (Lipinski definition) is 2. The first kappa shape index (κ1) is 19.7. The largest absolute Gasteiger partial charge is 0.472 e. The predicted molar refractivity (Wildman–Crippen MR) is 114 cm³/mol. The summed E-state index contributed by atoms with van der Waals surface area (Å²) in [7, 11) is 0. The molecule has 1 aliphatic heterocycles. The number of aromatic amines is 1. The minimum atomic E-state index is -0.0390. The maximum absolute atomic E-state index is 9.01. The van der Waals surface area contributed by atoms with E-state index in [2.05, 4.69) is 30.1 Å². The quantitative estimate of drug-likeness (QED) is 0.454. The van der Waals surface area contributed by atoms with Crippen LogP contribution in [0.5, 0.6) is 5.88 Å². The van der Waals surface area contributed by atoms with E-state index in [9.17, 15) is 0 Å². The maximum atomic E-state index is 9.01. The van der Waals surface area contributed by atoms with Crippen LogP contribution in [0.1, 0.15) is 12.8 Å². The van der Waals surface area contributed by atoms with Crippen LogP contribution in [0.3, 0.4) is 0 Å². The SMILES string of the molecule is OCC[C@@H]1C[C@@H](Oc2ccc(-c3ccc(-c4n[nH]c(-c5nccs5)n4)cn3)cn2)CO1. The molecule has 0 saturated carbocycles. The molecule has 9 nitrogen and oxygen atoms in total. The molecule has 4 aromatic rings. The van der Waals surface area contributed by atoms with Crippen molar-refractivity contribution in [2.45, 2.75) is 25.0 Å². The Hall–Kier alpha value is -3.21. The zero-order valence-corrected chi connectivity index (χ0v) is 17.3. The lowest BCUT2D eigenvalue weighted by Gasteiger charge is -2.11. The van der Waals surface area contributed by atoms with Crippen molar-refractivity contribution >= 4 is 11.3 Å². The third-order valence-electron chi connectivity index (χ3n) is 4.96. The summed E-state index contributed by atoms with van der Waals surface area (Å²) in [5.74, 6) is 1.77. The van der Waals surface area contributed by atoms with Gasteiger partial charge < -0.3 is 14.6 Å². The highest BCUT2D eigenvalue weighted by Gasteiger charge is 2.26. The number of aromatic nitrogens is 6. The van der Waals surface area contributed by atoms with Crippen LogP contribution in [0, 0.1) is 0 Å². The number of aliphatic hydroxyl groups is 1. The van der Waals surface area contributed by atoms with E-state index in [0.717, 1.165) is 28.2 Å². The molecule has 2 N–H and O–H groups in total. The average molecular weight is 436 g/mol. The summed E-state index contributed by atoms with van der Waals surface area (Å²) >= 11 is 1.50. The number of nitrogens with one attached hydrogen (secondary N) is 1. The summed E-state index contributed by atoms with van der Waals surface area (Å²) < 4.78 is 11.5. The molecule has 2 atom stereocenters. The minimum absolute atomic E-state index is 0.0390. The topological polar surface area (TPSA) is 119 Å². The molecule has 4 aromatic heterocycles. The molecule has 31 heavy (non-hydrogen) atoms. The fourth-order valence-corrected chi connectivity index (χ4v) is 3.97.